The predicted molar refractivity (Wildman–Crippen MR) is 73.9 cm³/mol. The van der Waals surface area contributed by atoms with Gasteiger partial charge in [-0.25, -0.2) is 0 Å². The molecular formula is C15H23N3O. The first kappa shape index (κ1) is 13.0. The second-order valence-electron chi connectivity index (χ2n) is 5.79. The van der Waals surface area contributed by atoms with E-state index < -0.39 is 0 Å². The molecule has 0 amide bonds. The van der Waals surface area contributed by atoms with E-state index in [0.29, 0.717) is 6.04 Å². The minimum Gasteiger partial charge on any atom is -0.381 e. The van der Waals surface area contributed by atoms with Gasteiger partial charge in [0, 0.05) is 32.2 Å². The van der Waals surface area contributed by atoms with Crippen molar-refractivity contribution in [2.75, 3.05) is 26.3 Å². The molecule has 0 bridgehead atoms. The maximum absolute atomic E-state index is 5.45. The van der Waals surface area contributed by atoms with Gasteiger partial charge in [-0.15, -0.1) is 0 Å². The Bertz CT molecular complexity index is 418. The number of ether oxygens (including phenoxy) is 1. The van der Waals surface area contributed by atoms with E-state index in [9.17, 15) is 0 Å². The minimum absolute atomic E-state index is 0.482. The molecule has 1 unspecified atom stereocenters. The molecule has 104 valence electrons. The molecule has 1 aromatic rings. The topological polar surface area (TPSA) is 38.2 Å². The summed E-state index contributed by atoms with van der Waals surface area (Å²) in [5, 5.41) is 0. The lowest BCUT2D eigenvalue weighted by molar-refractivity contribution is 0.0504. The van der Waals surface area contributed by atoms with Crippen molar-refractivity contribution in [2.45, 2.75) is 38.6 Å². The minimum atomic E-state index is 0.482. The maximum atomic E-state index is 5.45. The van der Waals surface area contributed by atoms with Crippen molar-refractivity contribution in [2.24, 2.45) is 5.92 Å². The van der Waals surface area contributed by atoms with Crippen LogP contribution in [0.2, 0.25) is 0 Å². The lowest BCUT2D eigenvalue weighted by Gasteiger charge is -2.30. The van der Waals surface area contributed by atoms with Crippen LogP contribution in [0.1, 0.15) is 43.1 Å². The second kappa shape index (κ2) is 5.97. The van der Waals surface area contributed by atoms with Crippen molar-refractivity contribution < 1.29 is 4.74 Å². The van der Waals surface area contributed by atoms with Gasteiger partial charge in [0.1, 0.15) is 0 Å². The maximum Gasteiger partial charge on any atom is 0.0761 e. The first-order chi connectivity index (χ1) is 9.33. The molecule has 1 aromatic heterocycles. The molecule has 0 spiro atoms. The highest BCUT2D eigenvalue weighted by atomic mass is 16.5. The summed E-state index contributed by atoms with van der Waals surface area (Å²) < 4.78 is 5.45. The molecular weight excluding hydrogens is 238 g/mol. The first-order valence-corrected chi connectivity index (χ1v) is 7.43. The van der Waals surface area contributed by atoms with Crippen molar-refractivity contribution in [3.63, 3.8) is 0 Å². The van der Waals surface area contributed by atoms with Crippen LogP contribution in [0.3, 0.4) is 0 Å². The molecule has 0 aliphatic carbocycles. The fraction of sp³-hybridized carbons (Fsp3) is 0.733. The van der Waals surface area contributed by atoms with E-state index in [-0.39, 0.29) is 0 Å². The number of aromatic nitrogens is 2. The fourth-order valence-electron chi connectivity index (χ4n) is 3.28. The Kier molecular flexibility index (Phi) is 4.09. The van der Waals surface area contributed by atoms with Gasteiger partial charge in [-0.05, 0) is 45.1 Å². The van der Waals surface area contributed by atoms with Crippen LogP contribution in [0.25, 0.3) is 0 Å². The van der Waals surface area contributed by atoms with Gasteiger partial charge in [0.2, 0.25) is 0 Å². The van der Waals surface area contributed by atoms with Gasteiger partial charge in [-0.2, -0.15) is 0 Å². The van der Waals surface area contributed by atoms with E-state index in [2.05, 4.69) is 14.9 Å². The number of hydrogen-bond donors (Lipinski definition) is 0. The van der Waals surface area contributed by atoms with Gasteiger partial charge < -0.3 is 4.74 Å². The Morgan fingerprint density at radius 3 is 2.89 bits per heavy atom. The average Bonchev–Trinajstić information content (AvgIpc) is 2.88. The average molecular weight is 261 g/mol. The summed E-state index contributed by atoms with van der Waals surface area (Å²) in [6.07, 6.45) is 8.71. The molecule has 2 saturated heterocycles. The van der Waals surface area contributed by atoms with E-state index in [4.69, 9.17) is 4.74 Å². The highest BCUT2D eigenvalue weighted by molar-refractivity contribution is 5.08. The Morgan fingerprint density at radius 2 is 2.11 bits per heavy atom. The molecule has 0 N–H and O–H groups in total. The van der Waals surface area contributed by atoms with E-state index >= 15 is 0 Å². The molecule has 2 aliphatic heterocycles. The summed E-state index contributed by atoms with van der Waals surface area (Å²) in [5.41, 5.74) is 2.18. The zero-order chi connectivity index (χ0) is 13.1. The van der Waals surface area contributed by atoms with E-state index in [1.807, 2.05) is 19.3 Å². The molecule has 19 heavy (non-hydrogen) atoms. The van der Waals surface area contributed by atoms with Gasteiger partial charge in [-0.3, -0.25) is 14.9 Å². The third kappa shape index (κ3) is 3.12. The van der Waals surface area contributed by atoms with Crippen LogP contribution in [0.4, 0.5) is 0 Å². The quantitative estimate of drug-likeness (QED) is 0.837. The molecule has 0 aromatic carbocycles. The molecule has 0 saturated carbocycles. The summed E-state index contributed by atoms with van der Waals surface area (Å²) in [5.74, 6) is 0.798. The van der Waals surface area contributed by atoms with Crippen LogP contribution >= 0.6 is 0 Å². The second-order valence-corrected chi connectivity index (χ2v) is 5.79. The standard InChI is InChI=1S/C15H23N3O/c1-12-9-16-10-14(17-12)15-3-2-6-18(15)11-13-4-7-19-8-5-13/h9-10,13,15H,2-8,11H2,1H3. The van der Waals surface area contributed by atoms with Gasteiger partial charge in [0.15, 0.2) is 0 Å². The van der Waals surface area contributed by atoms with Crippen LogP contribution in [0.5, 0.6) is 0 Å². The Hall–Kier alpha value is -1.00. The molecule has 1 atom stereocenters. The Labute approximate surface area is 115 Å². The van der Waals surface area contributed by atoms with Crippen LogP contribution in [-0.2, 0) is 4.74 Å². The third-order valence-electron chi connectivity index (χ3n) is 4.31. The summed E-state index contributed by atoms with van der Waals surface area (Å²) in [6, 6.07) is 0.482. The zero-order valence-corrected chi connectivity index (χ0v) is 11.7. The summed E-state index contributed by atoms with van der Waals surface area (Å²) in [4.78, 5) is 11.6. The lowest BCUT2D eigenvalue weighted by Crippen LogP contribution is -2.32. The van der Waals surface area contributed by atoms with Crippen LogP contribution in [-0.4, -0.2) is 41.2 Å². The summed E-state index contributed by atoms with van der Waals surface area (Å²) >= 11 is 0. The molecule has 2 fully saturated rings. The lowest BCUT2D eigenvalue weighted by atomic mass is 9.99. The highest BCUT2D eigenvalue weighted by Gasteiger charge is 2.29. The molecule has 4 heteroatoms. The number of aryl methyl sites for hydroxylation is 1. The number of nitrogens with zero attached hydrogens (tertiary/aromatic N) is 3. The molecule has 3 heterocycles. The van der Waals surface area contributed by atoms with E-state index in [0.717, 1.165) is 30.5 Å². The molecule has 0 radical (unpaired) electrons. The molecule has 4 nitrogen and oxygen atoms in total. The van der Waals surface area contributed by atoms with Crippen molar-refractivity contribution >= 4 is 0 Å². The largest absolute Gasteiger partial charge is 0.381 e. The Morgan fingerprint density at radius 1 is 1.26 bits per heavy atom. The van der Waals surface area contributed by atoms with Crippen LogP contribution in [0, 0.1) is 12.8 Å². The SMILES string of the molecule is Cc1cncc(C2CCCN2CC2CCOCC2)n1. The Balaban J connectivity index is 1.67. The van der Waals surface area contributed by atoms with E-state index in [1.165, 1.54) is 38.8 Å². The number of likely N-dealkylation sites (tertiary alicyclic amines) is 1. The zero-order valence-electron chi connectivity index (χ0n) is 11.7. The van der Waals surface area contributed by atoms with Gasteiger partial charge in [0.25, 0.3) is 0 Å². The molecule has 2 aliphatic rings. The number of rotatable bonds is 3. The first-order valence-electron chi connectivity index (χ1n) is 7.43. The van der Waals surface area contributed by atoms with Crippen molar-refractivity contribution in [1.29, 1.82) is 0 Å². The summed E-state index contributed by atoms with van der Waals surface area (Å²) in [6.45, 7) is 6.30. The number of hydrogen-bond acceptors (Lipinski definition) is 4. The molecule has 3 rings (SSSR count). The monoisotopic (exact) mass is 261 g/mol. The normalized spacial score (nSPS) is 25.8. The summed E-state index contributed by atoms with van der Waals surface area (Å²) in [7, 11) is 0. The smallest absolute Gasteiger partial charge is 0.0761 e. The van der Waals surface area contributed by atoms with Gasteiger partial charge in [-0.1, -0.05) is 0 Å². The van der Waals surface area contributed by atoms with Crippen LogP contribution in [0.15, 0.2) is 12.4 Å². The van der Waals surface area contributed by atoms with Gasteiger partial charge in [0.05, 0.1) is 17.4 Å². The van der Waals surface area contributed by atoms with Crippen molar-refractivity contribution in [3.8, 4) is 0 Å². The van der Waals surface area contributed by atoms with Crippen molar-refractivity contribution in [1.82, 2.24) is 14.9 Å². The van der Waals surface area contributed by atoms with Gasteiger partial charge >= 0.3 is 0 Å². The highest BCUT2D eigenvalue weighted by Crippen LogP contribution is 2.32. The van der Waals surface area contributed by atoms with Crippen LogP contribution < -0.4 is 0 Å². The fourth-order valence-corrected chi connectivity index (χ4v) is 3.28. The van der Waals surface area contributed by atoms with E-state index in [1.54, 1.807) is 0 Å². The third-order valence-corrected chi connectivity index (χ3v) is 4.31. The van der Waals surface area contributed by atoms with Crippen molar-refractivity contribution in [3.05, 3.63) is 23.8 Å². The predicted octanol–water partition coefficient (Wildman–Crippen LogP) is 2.35.